The van der Waals surface area contributed by atoms with Crippen molar-refractivity contribution in [2.45, 2.75) is 25.2 Å². The van der Waals surface area contributed by atoms with Crippen molar-refractivity contribution < 1.29 is 14.2 Å². The number of aliphatic hydroxyl groups is 1. The van der Waals surface area contributed by atoms with E-state index >= 15 is 0 Å². The normalized spacial score (nSPS) is 11.2. The van der Waals surface area contributed by atoms with Crippen LogP contribution in [0.15, 0.2) is 53.9 Å². The molecule has 30 heavy (non-hydrogen) atoms. The summed E-state index contributed by atoms with van der Waals surface area (Å²) in [6.07, 6.45) is 5.42. The van der Waals surface area contributed by atoms with Gasteiger partial charge in [0.25, 0.3) is 0 Å². The number of benzene rings is 2. The van der Waals surface area contributed by atoms with E-state index in [0.29, 0.717) is 28.7 Å². The molecule has 2 heterocycles. The summed E-state index contributed by atoms with van der Waals surface area (Å²) in [6, 6.07) is 10.9. The quantitative estimate of drug-likeness (QED) is 0.356. The van der Waals surface area contributed by atoms with Gasteiger partial charge in [0, 0.05) is 40.0 Å². The number of rotatable bonds is 6. The van der Waals surface area contributed by atoms with Crippen molar-refractivity contribution in [3.8, 4) is 16.9 Å². The van der Waals surface area contributed by atoms with Crippen molar-refractivity contribution in [1.82, 2.24) is 14.5 Å². The molecule has 5 nitrogen and oxygen atoms in total. The number of aliphatic hydroxyl groups excluding tert-OH is 1. The third-order valence-corrected chi connectivity index (χ3v) is 5.74. The number of methoxy groups -OCH3 is 1. The van der Waals surface area contributed by atoms with Crippen molar-refractivity contribution in [1.29, 1.82) is 0 Å². The molecule has 7 heteroatoms. The highest BCUT2D eigenvalue weighted by molar-refractivity contribution is 7.98. The number of halogens is 1. The van der Waals surface area contributed by atoms with Crippen molar-refractivity contribution in [3.05, 3.63) is 71.4 Å². The molecule has 0 fully saturated rings. The summed E-state index contributed by atoms with van der Waals surface area (Å²) < 4.78 is 21.9. The Morgan fingerprint density at radius 2 is 1.90 bits per heavy atom. The van der Waals surface area contributed by atoms with E-state index in [-0.39, 0.29) is 12.4 Å². The first-order valence-corrected chi connectivity index (χ1v) is 10.7. The SMILES string of the molecule is COc1ccc2c(c1)c(-c1cnc(SC)nc1)c(CO)n2Cc1ccc(C)cc1F. The molecule has 0 spiro atoms. The Balaban J connectivity index is 1.95. The summed E-state index contributed by atoms with van der Waals surface area (Å²) in [4.78, 5) is 8.77. The summed E-state index contributed by atoms with van der Waals surface area (Å²) in [5.74, 6) is 0.442. The molecule has 0 aliphatic rings. The number of aromatic nitrogens is 3. The Morgan fingerprint density at radius 1 is 1.13 bits per heavy atom. The highest BCUT2D eigenvalue weighted by Crippen LogP contribution is 2.37. The Hall–Kier alpha value is -2.90. The number of aryl methyl sites for hydroxylation is 1. The first-order valence-electron chi connectivity index (χ1n) is 9.47. The van der Waals surface area contributed by atoms with Crippen LogP contribution in [0, 0.1) is 12.7 Å². The van der Waals surface area contributed by atoms with Crippen LogP contribution in [0.2, 0.25) is 0 Å². The minimum atomic E-state index is -0.261. The van der Waals surface area contributed by atoms with Gasteiger partial charge in [-0.05, 0) is 43.0 Å². The summed E-state index contributed by atoms with van der Waals surface area (Å²) >= 11 is 1.46. The molecule has 0 unspecified atom stereocenters. The lowest BCUT2D eigenvalue weighted by atomic mass is 10.0. The molecule has 4 rings (SSSR count). The fourth-order valence-electron chi connectivity index (χ4n) is 3.68. The molecule has 0 saturated carbocycles. The fourth-order valence-corrected chi connectivity index (χ4v) is 4.00. The van der Waals surface area contributed by atoms with Crippen molar-refractivity contribution in [3.63, 3.8) is 0 Å². The molecular weight excluding hydrogens is 401 g/mol. The third kappa shape index (κ3) is 3.66. The summed E-state index contributed by atoms with van der Waals surface area (Å²) in [7, 11) is 1.61. The largest absolute Gasteiger partial charge is 0.497 e. The first kappa shape index (κ1) is 20.4. The third-order valence-electron chi connectivity index (χ3n) is 5.16. The molecule has 0 radical (unpaired) electrons. The van der Waals surface area contributed by atoms with E-state index in [0.717, 1.165) is 27.6 Å². The maximum Gasteiger partial charge on any atom is 0.187 e. The minimum absolute atomic E-state index is 0.204. The van der Waals surface area contributed by atoms with Gasteiger partial charge in [0.05, 0.1) is 26.0 Å². The molecule has 4 aromatic rings. The van der Waals surface area contributed by atoms with Crippen LogP contribution >= 0.6 is 11.8 Å². The fraction of sp³-hybridized carbons (Fsp3) is 0.217. The van der Waals surface area contributed by atoms with Crippen molar-refractivity contribution >= 4 is 22.7 Å². The lowest BCUT2D eigenvalue weighted by molar-refractivity contribution is 0.272. The van der Waals surface area contributed by atoms with Gasteiger partial charge < -0.3 is 14.4 Å². The van der Waals surface area contributed by atoms with Crippen LogP contribution in [-0.2, 0) is 13.2 Å². The van der Waals surface area contributed by atoms with Gasteiger partial charge in [0.1, 0.15) is 11.6 Å². The van der Waals surface area contributed by atoms with Crippen LogP contribution in [0.25, 0.3) is 22.0 Å². The van der Waals surface area contributed by atoms with E-state index in [9.17, 15) is 9.50 Å². The van der Waals surface area contributed by atoms with Gasteiger partial charge in [-0.2, -0.15) is 0 Å². The Bertz CT molecular complexity index is 1210. The van der Waals surface area contributed by atoms with E-state index < -0.39 is 0 Å². The average molecular weight is 424 g/mol. The standard InChI is InChI=1S/C23H22FN3O2S/c1-14-4-5-15(19(24)8-14)12-27-20-7-6-17(29-2)9-18(20)22(21(27)13-28)16-10-25-23(30-3)26-11-16/h4-11,28H,12-13H2,1-3H3. The molecule has 0 amide bonds. The highest BCUT2D eigenvalue weighted by atomic mass is 32.2. The molecule has 1 N–H and O–H groups in total. The van der Waals surface area contributed by atoms with Crippen LogP contribution in [0.1, 0.15) is 16.8 Å². The molecule has 154 valence electrons. The van der Waals surface area contributed by atoms with Gasteiger partial charge in [-0.25, -0.2) is 14.4 Å². The smallest absolute Gasteiger partial charge is 0.187 e. The Kier molecular flexibility index (Phi) is 5.74. The summed E-state index contributed by atoms with van der Waals surface area (Å²) in [6.45, 7) is 1.96. The topological polar surface area (TPSA) is 60.2 Å². The molecule has 0 aliphatic carbocycles. The molecule has 0 atom stereocenters. The maximum atomic E-state index is 14.6. The molecule has 2 aromatic carbocycles. The second-order valence-electron chi connectivity index (χ2n) is 7.00. The maximum absolute atomic E-state index is 14.6. The predicted octanol–water partition coefficient (Wildman–Crippen LogP) is 4.82. The summed E-state index contributed by atoms with van der Waals surface area (Å²) in [5, 5.41) is 11.9. The zero-order chi connectivity index (χ0) is 21.3. The van der Waals surface area contributed by atoms with Gasteiger partial charge in [-0.15, -0.1) is 0 Å². The van der Waals surface area contributed by atoms with Gasteiger partial charge in [0.2, 0.25) is 0 Å². The average Bonchev–Trinajstić information content (AvgIpc) is 3.08. The minimum Gasteiger partial charge on any atom is -0.497 e. The van der Waals surface area contributed by atoms with Crippen LogP contribution in [0.5, 0.6) is 5.75 Å². The molecule has 0 bridgehead atoms. The van der Waals surface area contributed by atoms with E-state index in [2.05, 4.69) is 9.97 Å². The van der Waals surface area contributed by atoms with Gasteiger partial charge in [-0.1, -0.05) is 23.9 Å². The number of nitrogens with zero attached hydrogens (tertiary/aromatic N) is 3. The summed E-state index contributed by atoms with van der Waals surface area (Å²) in [5.41, 5.74) is 4.60. The number of thioether (sulfide) groups is 1. The Morgan fingerprint density at radius 3 is 2.53 bits per heavy atom. The lowest BCUT2D eigenvalue weighted by Gasteiger charge is -2.12. The molecular formula is C23H22FN3O2S. The van der Waals surface area contributed by atoms with E-state index in [1.807, 2.05) is 42.0 Å². The zero-order valence-corrected chi connectivity index (χ0v) is 17.8. The van der Waals surface area contributed by atoms with Gasteiger partial charge >= 0.3 is 0 Å². The molecule has 0 aliphatic heterocycles. The van der Waals surface area contributed by atoms with Crippen LogP contribution < -0.4 is 4.74 Å². The van der Waals surface area contributed by atoms with E-state index in [1.54, 1.807) is 25.6 Å². The Labute approximate surface area is 178 Å². The molecule has 0 saturated heterocycles. The number of fused-ring (bicyclic) bond motifs is 1. The van der Waals surface area contributed by atoms with Gasteiger partial charge in [-0.3, -0.25) is 0 Å². The first-order chi connectivity index (χ1) is 14.5. The molecule has 2 aromatic heterocycles. The zero-order valence-electron chi connectivity index (χ0n) is 17.0. The van der Waals surface area contributed by atoms with E-state index in [4.69, 9.17) is 4.74 Å². The van der Waals surface area contributed by atoms with Crippen LogP contribution in [-0.4, -0.2) is 33.0 Å². The number of ether oxygens (including phenoxy) is 1. The van der Waals surface area contributed by atoms with Crippen LogP contribution in [0.4, 0.5) is 4.39 Å². The predicted molar refractivity (Wildman–Crippen MR) is 117 cm³/mol. The number of hydrogen-bond acceptors (Lipinski definition) is 5. The second-order valence-corrected chi connectivity index (χ2v) is 7.78. The van der Waals surface area contributed by atoms with Crippen LogP contribution in [0.3, 0.4) is 0 Å². The van der Waals surface area contributed by atoms with Gasteiger partial charge in [0.15, 0.2) is 5.16 Å². The van der Waals surface area contributed by atoms with Crippen molar-refractivity contribution in [2.24, 2.45) is 0 Å². The van der Waals surface area contributed by atoms with Crippen molar-refractivity contribution in [2.75, 3.05) is 13.4 Å². The van der Waals surface area contributed by atoms with E-state index in [1.165, 1.54) is 17.8 Å². The lowest BCUT2D eigenvalue weighted by Crippen LogP contribution is -2.07. The number of hydrogen-bond donors (Lipinski definition) is 1. The highest BCUT2D eigenvalue weighted by Gasteiger charge is 2.20. The monoisotopic (exact) mass is 423 g/mol. The second kappa shape index (κ2) is 8.45.